The summed E-state index contributed by atoms with van der Waals surface area (Å²) in [6, 6.07) is 8.42. The van der Waals surface area contributed by atoms with Crippen molar-refractivity contribution in [2.75, 3.05) is 6.61 Å². The normalized spacial score (nSPS) is 10.6. The van der Waals surface area contributed by atoms with E-state index in [1.165, 1.54) is 36.5 Å². The number of carbonyl (C=O) groups is 1. The van der Waals surface area contributed by atoms with Crippen molar-refractivity contribution in [3.05, 3.63) is 57.6 Å². The van der Waals surface area contributed by atoms with E-state index in [4.69, 9.17) is 4.74 Å². The first-order chi connectivity index (χ1) is 11.9. The number of aromatic hydroxyl groups is 2. The molecular weight excluding hydrogens is 330 g/mol. The number of hydrazone groups is 1. The number of amides is 1. The average molecular weight is 345 g/mol. The number of hydrogen-bond acceptors (Lipinski definition) is 7. The van der Waals surface area contributed by atoms with Crippen molar-refractivity contribution < 1.29 is 24.7 Å². The maximum absolute atomic E-state index is 11.7. The summed E-state index contributed by atoms with van der Waals surface area (Å²) in [7, 11) is 0. The van der Waals surface area contributed by atoms with Gasteiger partial charge in [-0.3, -0.25) is 14.9 Å². The van der Waals surface area contributed by atoms with E-state index in [0.29, 0.717) is 11.1 Å². The molecule has 0 radical (unpaired) electrons. The van der Waals surface area contributed by atoms with Crippen LogP contribution in [0, 0.1) is 17.0 Å². The number of rotatable bonds is 6. The summed E-state index contributed by atoms with van der Waals surface area (Å²) in [6.07, 6.45) is 1.26. The number of aryl methyl sites for hydroxylation is 1. The number of ether oxygens (including phenoxy) is 1. The van der Waals surface area contributed by atoms with E-state index in [1.807, 2.05) is 0 Å². The third kappa shape index (κ3) is 4.93. The first-order valence-corrected chi connectivity index (χ1v) is 7.08. The molecule has 0 unspecified atom stereocenters. The van der Waals surface area contributed by atoms with Crippen molar-refractivity contribution in [2.45, 2.75) is 6.92 Å². The van der Waals surface area contributed by atoms with Crippen molar-refractivity contribution in [1.82, 2.24) is 5.43 Å². The molecule has 9 nitrogen and oxygen atoms in total. The fourth-order valence-corrected chi connectivity index (χ4v) is 1.87. The van der Waals surface area contributed by atoms with E-state index in [9.17, 15) is 25.1 Å². The second-order valence-electron chi connectivity index (χ2n) is 5.06. The molecule has 2 aromatic carbocycles. The SMILES string of the molecule is Cc1ccc(OCC(=O)NN=Cc2ccc(O)c(O)c2)c([N+](=O)[O-])c1. The summed E-state index contributed by atoms with van der Waals surface area (Å²) >= 11 is 0. The molecule has 0 saturated heterocycles. The van der Waals surface area contributed by atoms with Gasteiger partial charge in [0.25, 0.3) is 5.91 Å². The Balaban J connectivity index is 1.92. The molecule has 2 rings (SSSR count). The summed E-state index contributed by atoms with van der Waals surface area (Å²) in [6.45, 7) is 1.25. The van der Waals surface area contributed by atoms with Crippen LogP contribution in [0.3, 0.4) is 0 Å². The molecule has 0 spiro atoms. The van der Waals surface area contributed by atoms with Crippen molar-refractivity contribution in [3.63, 3.8) is 0 Å². The van der Waals surface area contributed by atoms with Crippen molar-refractivity contribution in [1.29, 1.82) is 0 Å². The minimum atomic E-state index is -0.617. The van der Waals surface area contributed by atoms with Crippen LogP contribution < -0.4 is 10.2 Å². The summed E-state index contributed by atoms with van der Waals surface area (Å²) in [5.74, 6) is -1.22. The summed E-state index contributed by atoms with van der Waals surface area (Å²) < 4.78 is 5.15. The Labute approximate surface area is 142 Å². The van der Waals surface area contributed by atoms with E-state index in [2.05, 4.69) is 10.5 Å². The zero-order chi connectivity index (χ0) is 18.4. The quantitative estimate of drug-likeness (QED) is 0.316. The minimum absolute atomic E-state index is 0.0156. The van der Waals surface area contributed by atoms with Gasteiger partial charge >= 0.3 is 5.69 Å². The molecule has 25 heavy (non-hydrogen) atoms. The van der Waals surface area contributed by atoms with Gasteiger partial charge in [0.15, 0.2) is 23.9 Å². The van der Waals surface area contributed by atoms with Crippen LogP contribution in [0.1, 0.15) is 11.1 Å². The molecule has 0 aliphatic carbocycles. The van der Waals surface area contributed by atoms with E-state index >= 15 is 0 Å². The largest absolute Gasteiger partial charge is 0.504 e. The van der Waals surface area contributed by atoms with Crippen LogP contribution in [0.5, 0.6) is 17.2 Å². The number of phenolic OH excluding ortho intramolecular Hbond substituents is 2. The van der Waals surface area contributed by atoms with Gasteiger partial charge in [0, 0.05) is 6.07 Å². The van der Waals surface area contributed by atoms with Gasteiger partial charge < -0.3 is 14.9 Å². The number of benzene rings is 2. The average Bonchev–Trinajstić information content (AvgIpc) is 2.56. The molecule has 0 heterocycles. The minimum Gasteiger partial charge on any atom is -0.504 e. The first kappa shape index (κ1) is 17.7. The molecule has 0 aromatic heterocycles. The number of nitro groups is 1. The number of hydrogen-bond donors (Lipinski definition) is 3. The van der Waals surface area contributed by atoms with Gasteiger partial charge in [-0.2, -0.15) is 5.10 Å². The Morgan fingerprint density at radius 1 is 1.28 bits per heavy atom. The maximum Gasteiger partial charge on any atom is 0.311 e. The van der Waals surface area contributed by atoms with Crippen LogP contribution in [0.4, 0.5) is 5.69 Å². The summed E-state index contributed by atoms with van der Waals surface area (Å²) in [4.78, 5) is 22.0. The van der Waals surface area contributed by atoms with Crippen LogP contribution in [0.25, 0.3) is 0 Å². The number of phenols is 2. The van der Waals surface area contributed by atoms with Gasteiger partial charge in [-0.25, -0.2) is 5.43 Å². The van der Waals surface area contributed by atoms with Gasteiger partial charge in [0.05, 0.1) is 11.1 Å². The van der Waals surface area contributed by atoms with Crippen LogP contribution in [0.2, 0.25) is 0 Å². The molecular formula is C16H15N3O6. The lowest BCUT2D eigenvalue weighted by atomic mass is 10.2. The first-order valence-electron chi connectivity index (χ1n) is 7.08. The van der Waals surface area contributed by atoms with Crippen LogP contribution >= 0.6 is 0 Å². The molecule has 0 atom stereocenters. The Hall–Kier alpha value is -3.62. The smallest absolute Gasteiger partial charge is 0.311 e. The Kier molecular flexibility index (Phi) is 5.51. The highest BCUT2D eigenvalue weighted by molar-refractivity contribution is 5.83. The molecule has 0 bridgehead atoms. The fraction of sp³-hybridized carbons (Fsp3) is 0.125. The van der Waals surface area contributed by atoms with Crippen molar-refractivity contribution in [3.8, 4) is 17.2 Å². The van der Waals surface area contributed by atoms with Gasteiger partial charge in [-0.15, -0.1) is 0 Å². The van der Waals surface area contributed by atoms with E-state index in [-0.39, 0.29) is 22.9 Å². The highest BCUT2D eigenvalue weighted by Crippen LogP contribution is 2.27. The van der Waals surface area contributed by atoms with E-state index < -0.39 is 17.4 Å². The van der Waals surface area contributed by atoms with Crippen molar-refractivity contribution >= 4 is 17.8 Å². The molecule has 0 aliphatic rings. The molecule has 0 aliphatic heterocycles. The molecule has 0 fully saturated rings. The topological polar surface area (TPSA) is 134 Å². The number of carbonyl (C=O) groups excluding carboxylic acids is 1. The lowest BCUT2D eigenvalue weighted by Gasteiger charge is -2.06. The van der Waals surface area contributed by atoms with Crippen LogP contribution in [0.15, 0.2) is 41.5 Å². The Morgan fingerprint density at radius 2 is 2.04 bits per heavy atom. The zero-order valence-electron chi connectivity index (χ0n) is 13.2. The third-order valence-corrected chi connectivity index (χ3v) is 3.07. The lowest BCUT2D eigenvalue weighted by molar-refractivity contribution is -0.385. The van der Waals surface area contributed by atoms with Crippen molar-refractivity contribution in [2.24, 2.45) is 5.10 Å². The zero-order valence-corrected chi connectivity index (χ0v) is 13.2. The predicted octanol–water partition coefficient (Wildman–Crippen LogP) is 1.84. The summed E-state index contributed by atoms with van der Waals surface area (Å²) in [5, 5.41) is 33.1. The highest BCUT2D eigenvalue weighted by atomic mass is 16.6. The van der Waals surface area contributed by atoms with E-state index in [0.717, 1.165) is 0 Å². The summed E-state index contributed by atoms with van der Waals surface area (Å²) in [5.41, 5.74) is 3.11. The predicted molar refractivity (Wildman–Crippen MR) is 88.8 cm³/mol. The molecule has 130 valence electrons. The number of nitrogens with one attached hydrogen (secondary N) is 1. The van der Waals surface area contributed by atoms with Crippen LogP contribution in [-0.2, 0) is 4.79 Å². The number of nitro benzene ring substituents is 1. The van der Waals surface area contributed by atoms with Crippen LogP contribution in [-0.4, -0.2) is 33.9 Å². The van der Waals surface area contributed by atoms with Gasteiger partial charge in [-0.1, -0.05) is 6.07 Å². The third-order valence-electron chi connectivity index (χ3n) is 3.07. The molecule has 3 N–H and O–H groups in total. The second kappa shape index (κ2) is 7.77. The Morgan fingerprint density at radius 3 is 2.72 bits per heavy atom. The molecule has 1 amide bonds. The van der Waals surface area contributed by atoms with Gasteiger partial charge in [0.1, 0.15) is 0 Å². The fourth-order valence-electron chi connectivity index (χ4n) is 1.87. The monoisotopic (exact) mass is 345 g/mol. The molecule has 2 aromatic rings. The highest BCUT2D eigenvalue weighted by Gasteiger charge is 2.16. The molecule has 9 heteroatoms. The standard InChI is InChI=1S/C16H15N3O6/c1-10-2-5-15(12(6-10)19(23)24)25-9-16(22)18-17-8-11-3-4-13(20)14(21)7-11/h2-8,20-21H,9H2,1H3,(H,18,22). The van der Waals surface area contributed by atoms with Gasteiger partial charge in [-0.05, 0) is 42.3 Å². The maximum atomic E-state index is 11.7. The van der Waals surface area contributed by atoms with Gasteiger partial charge in [0.2, 0.25) is 0 Å². The second-order valence-corrected chi connectivity index (χ2v) is 5.06. The lowest BCUT2D eigenvalue weighted by Crippen LogP contribution is -2.24. The van der Waals surface area contributed by atoms with E-state index in [1.54, 1.807) is 13.0 Å². The Bertz CT molecular complexity index is 835. The number of nitrogens with zero attached hydrogens (tertiary/aromatic N) is 2. The molecule has 0 saturated carbocycles.